The van der Waals surface area contributed by atoms with Crippen molar-refractivity contribution in [1.29, 1.82) is 0 Å². The van der Waals surface area contributed by atoms with Gasteiger partial charge in [0.05, 0.1) is 19.3 Å². The van der Waals surface area contributed by atoms with E-state index in [2.05, 4.69) is 0 Å². The second-order valence-electron chi connectivity index (χ2n) is 6.32. The largest absolute Gasteiger partial charge is 0.496 e. The molecule has 3 rings (SSSR count). The zero-order valence-corrected chi connectivity index (χ0v) is 14.2. The first-order valence-corrected chi connectivity index (χ1v) is 8.43. The van der Waals surface area contributed by atoms with Gasteiger partial charge in [-0.25, -0.2) is 4.39 Å². The first-order chi connectivity index (χ1) is 12.1. The fourth-order valence-electron chi connectivity index (χ4n) is 3.41. The van der Waals surface area contributed by atoms with Crippen molar-refractivity contribution in [2.24, 2.45) is 0 Å². The Balaban J connectivity index is 1.71. The molecule has 5 heteroatoms. The van der Waals surface area contributed by atoms with Crippen LogP contribution in [0, 0.1) is 5.82 Å². The molecule has 1 N–H and O–H groups in total. The van der Waals surface area contributed by atoms with Gasteiger partial charge in [0, 0.05) is 13.0 Å². The summed E-state index contributed by atoms with van der Waals surface area (Å²) in [5.41, 5.74) is 1.70. The van der Waals surface area contributed by atoms with Crippen LogP contribution in [0.1, 0.15) is 30.0 Å². The highest BCUT2D eigenvalue weighted by atomic mass is 19.1. The van der Waals surface area contributed by atoms with Crippen molar-refractivity contribution in [1.82, 2.24) is 4.90 Å². The smallest absolute Gasteiger partial charge is 0.223 e. The quantitative estimate of drug-likeness (QED) is 0.908. The summed E-state index contributed by atoms with van der Waals surface area (Å²) in [6, 6.07) is 13.6. The number of aliphatic hydroxyl groups excluding tert-OH is 1. The monoisotopic (exact) mass is 343 g/mol. The highest BCUT2D eigenvalue weighted by Crippen LogP contribution is 2.33. The number of ether oxygens (including phenoxy) is 1. The first kappa shape index (κ1) is 17.4. The summed E-state index contributed by atoms with van der Waals surface area (Å²) in [6.07, 6.45) is 0.733. The van der Waals surface area contributed by atoms with Crippen molar-refractivity contribution < 1.29 is 19.0 Å². The summed E-state index contributed by atoms with van der Waals surface area (Å²) < 4.78 is 18.8. The molecule has 1 amide bonds. The first-order valence-electron chi connectivity index (χ1n) is 8.43. The normalized spacial score (nSPS) is 19.9. The molecule has 1 aliphatic rings. The lowest BCUT2D eigenvalue weighted by Gasteiger charge is -2.25. The van der Waals surface area contributed by atoms with Crippen molar-refractivity contribution in [2.75, 3.05) is 13.7 Å². The van der Waals surface area contributed by atoms with Gasteiger partial charge in [-0.1, -0.05) is 30.3 Å². The fraction of sp³-hybridized carbons (Fsp3) is 0.350. The number of methoxy groups -OCH3 is 1. The van der Waals surface area contributed by atoms with E-state index in [1.165, 1.54) is 12.1 Å². The van der Waals surface area contributed by atoms with E-state index in [-0.39, 0.29) is 24.3 Å². The zero-order chi connectivity index (χ0) is 17.8. The van der Waals surface area contributed by atoms with E-state index in [1.54, 1.807) is 24.1 Å². The molecule has 2 atom stereocenters. The summed E-state index contributed by atoms with van der Waals surface area (Å²) >= 11 is 0. The van der Waals surface area contributed by atoms with Crippen LogP contribution < -0.4 is 4.74 Å². The van der Waals surface area contributed by atoms with Crippen molar-refractivity contribution in [2.45, 2.75) is 31.4 Å². The van der Waals surface area contributed by atoms with Crippen LogP contribution in [0.3, 0.4) is 0 Å². The van der Waals surface area contributed by atoms with E-state index in [4.69, 9.17) is 4.74 Å². The van der Waals surface area contributed by atoms with E-state index in [0.717, 1.165) is 16.9 Å². The van der Waals surface area contributed by atoms with Crippen LogP contribution in [0.5, 0.6) is 5.75 Å². The van der Waals surface area contributed by atoms with Crippen molar-refractivity contribution >= 4 is 5.91 Å². The zero-order valence-electron chi connectivity index (χ0n) is 14.2. The number of benzene rings is 2. The summed E-state index contributed by atoms with van der Waals surface area (Å²) in [5.74, 6) is 0.385. The molecule has 1 heterocycles. The predicted molar refractivity (Wildman–Crippen MR) is 92.8 cm³/mol. The Hall–Kier alpha value is -2.40. The fourth-order valence-corrected chi connectivity index (χ4v) is 3.41. The number of aryl methyl sites for hydroxylation is 1. The average molecular weight is 343 g/mol. The highest BCUT2D eigenvalue weighted by Gasteiger charge is 2.35. The Labute approximate surface area is 146 Å². The molecule has 1 aliphatic heterocycles. The molecule has 2 aromatic carbocycles. The highest BCUT2D eigenvalue weighted by molar-refractivity contribution is 5.77. The molecule has 0 saturated carbocycles. The van der Waals surface area contributed by atoms with Gasteiger partial charge >= 0.3 is 0 Å². The number of halogens is 1. The van der Waals surface area contributed by atoms with E-state index >= 15 is 0 Å². The second kappa shape index (κ2) is 7.66. The van der Waals surface area contributed by atoms with Crippen LogP contribution in [0.25, 0.3) is 0 Å². The number of rotatable bonds is 5. The minimum atomic E-state index is -0.580. The Morgan fingerprint density at radius 2 is 2.08 bits per heavy atom. The number of amides is 1. The van der Waals surface area contributed by atoms with Crippen LogP contribution in [-0.4, -0.2) is 35.7 Å². The lowest BCUT2D eigenvalue weighted by Crippen LogP contribution is -2.32. The number of carbonyl (C=O) groups is 1. The van der Waals surface area contributed by atoms with Gasteiger partial charge in [-0.05, 0) is 42.2 Å². The molecule has 0 radical (unpaired) electrons. The molecule has 2 unspecified atom stereocenters. The molecular weight excluding hydrogens is 321 g/mol. The predicted octanol–water partition coefficient (Wildman–Crippen LogP) is 3.10. The van der Waals surface area contributed by atoms with Crippen molar-refractivity contribution in [3.63, 3.8) is 0 Å². The van der Waals surface area contributed by atoms with Gasteiger partial charge in [-0.3, -0.25) is 4.79 Å². The van der Waals surface area contributed by atoms with Crippen molar-refractivity contribution in [3.8, 4) is 5.75 Å². The van der Waals surface area contributed by atoms with Gasteiger partial charge in [0.1, 0.15) is 11.6 Å². The Kier molecular flexibility index (Phi) is 5.34. The maximum Gasteiger partial charge on any atom is 0.223 e. The Bertz CT molecular complexity index is 749. The standard InChI is InChI=1S/C20H22FNO3/c1-25-19-8-3-2-5-14(19)9-10-20(24)22-13-17(23)12-18(22)15-6-4-7-16(21)11-15/h2-8,11,17-18,23H,9-10,12-13H2,1H3. The van der Waals surface area contributed by atoms with Crippen molar-refractivity contribution in [3.05, 3.63) is 65.5 Å². The summed E-state index contributed by atoms with van der Waals surface area (Å²) in [5, 5.41) is 10.0. The number of likely N-dealkylation sites (tertiary alicyclic amines) is 1. The molecule has 132 valence electrons. The molecule has 1 fully saturated rings. The van der Waals surface area contributed by atoms with Gasteiger partial charge < -0.3 is 14.7 Å². The molecule has 25 heavy (non-hydrogen) atoms. The molecule has 4 nitrogen and oxygen atoms in total. The SMILES string of the molecule is COc1ccccc1CCC(=O)N1CC(O)CC1c1cccc(F)c1. The van der Waals surface area contributed by atoms with Crippen LogP contribution in [0.15, 0.2) is 48.5 Å². The topological polar surface area (TPSA) is 49.8 Å². The van der Waals surface area contributed by atoms with Gasteiger partial charge in [0.15, 0.2) is 0 Å². The van der Waals surface area contributed by atoms with E-state index in [1.807, 2.05) is 24.3 Å². The van der Waals surface area contributed by atoms with Crippen LogP contribution in [0.4, 0.5) is 4.39 Å². The number of nitrogens with zero attached hydrogens (tertiary/aromatic N) is 1. The number of hydrogen-bond acceptors (Lipinski definition) is 3. The molecule has 0 aliphatic carbocycles. The van der Waals surface area contributed by atoms with Gasteiger partial charge in [0.2, 0.25) is 5.91 Å². The van der Waals surface area contributed by atoms with Crippen LogP contribution in [0.2, 0.25) is 0 Å². The number of hydrogen-bond donors (Lipinski definition) is 1. The molecule has 0 bridgehead atoms. The van der Waals surface area contributed by atoms with Gasteiger partial charge in [-0.15, -0.1) is 0 Å². The number of carbonyl (C=O) groups excluding carboxylic acids is 1. The lowest BCUT2D eigenvalue weighted by atomic mass is 10.0. The van der Waals surface area contributed by atoms with Gasteiger partial charge in [-0.2, -0.15) is 0 Å². The van der Waals surface area contributed by atoms with Crippen LogP contribution >= 0.6 is 0 Å². The third-order valence-corrected chi connectivity index (χ3v) is 4.63. The summed E-state index contributed by atoms with van der Waals surface area (Å²) in [7, 11) is 1.61. The third-order valence-electron chi connectivity index (χ3n) is 4.63. The van der Waals surface area contributed by atoms with E-state index in [0.29, 0.717) is 19.3 Å². The number of para-hydroxylation sites is 1. The second-order valence-corrected chi connectivity index (χ2v) is 6.32. The maximum absolute atomic E-state index is 13.5. The van der Waals surface area contributed by atoms with Gasteiger partial charge in [0.25, 0.3) is 0 Å². The molecule has 0 spiro atoms. The van der Waals surface area contributed by atoms with Crippen LogP contribution in [-0.2, 0) is 11.2 Å². The van der Waals surface area contributed by atoms with E-state index in [9.17, 15) is 14.3 Å². The third kappa shape index (κ3) is 3.99. The minimum absolute atomic E-state index is 0.0447. The maximum atomic E-state index is 13.5. The Morgan fingerprint density at radius 3 is 2.84 bits per heavy atom. The summed E-state index contributed by atoms with van der Waals surface area (Å²) in [6.45, 7) is 0.284. The molecular formula is C20H22FNO3. The summed E-state index contributed by atoms with van der Waals surface area (Å²) in [4.78, 5) is 14.4. The minimum Gasteiger partial charge on any atom is -0.496 e. The number of β-amino-alcohol motifs (C(OH)–C–C–N with tert-alkyl or cyclic N) is 1. The molecule has 2 aromatic rings. The average Bonchev–Trinajstić information content (AvgIpc) is 3.02. The van der Waals surface area contributed by atoms with E-state index < -0.39 is 6.10 Å². The number of aliphatic hydroxyl groups is 1. The Morgan fingerprint density at radius 1 is 1.28 bits per heavy atom. The molecule has 0 aromatic heterocycles. The lowest BCUT2D eigenvalue weighted by molar-refractivity contribution is -0.132. The molecule has 1 saturated heterocycles.